The van der Waals surface area contributed by atoms with Crippen LogP contribution in [0.5, 0.6) is 0 Å². The second kappa shape index (κ2) is 4.87. The van der Waals surface area contributed by atoms with Gasteiger partial charge in [0.05, 0.1) is 5.69 Å². The normalized spacial score (nSPS) is 10.8. The fourth-order valence-corrected chi connectivity index (χ4v) is 2.14. The summed E-state index contributed by atoms with van der Waals surface area (Å²) < 4.78 is 14.2. The van der Waals surface area contributed by atoms with Crippen molar-refractivity contribution in [2.24, 2.45) is 0 Å². The number of nitrogens with zero attached hydrogens (tertiary/aromatic N) is 1. The Bertz CT molecular complexity index is 571. The summed E-state index contributed by atoms with van der Waals surface area (Å²) in [5.74, 6) is -0.314. The van der Waals surface area contributed by atoms with Crippen LogP contribution < -0.4 is 5.56 Å². The molecule has 1 aromatic carbocycles. The summed E-state index contributed by atoms with van der Waals surface area (Å²) in [6, 6.07) is 5.82. The molecule has 0 saturated carbocycles. The van der Waals surface area contributed by atoms with Gasteiger partial charge in [0.15, 0.2) is 0 Å². The van der Waals surface area contributed by atoms with E-state index in [2.05, 4.69) is 21.0 Å². The van der Waals surface area contributed by atoms with Crippen LogP contribution in [0, 0.1) is 12.7 Å². The van der Waals surface area contributed by atoms with E-state index in [-0.39, 0.29) is 11.4 Å². The summed E-state index contributed by atoms with van der Waals surface area (Å²) in [5.41, 5.74) is 2.17. The van der Waals surface area contributed by atoms with E-state index in [1.807, 2.05) is 6.92 Å². The molecule has 1 aromatic heterocycles. The fraction of sp³-hybridized carbons (Fsp3) is 0.250. The van der Waals surface area contributed by atoms with Gasteiger partial charge in [0.2, 0.25) is 0 Å². The molecule has 0 radical (unpaired) electrons. The highest BCUT2D eigenvalue weighted by Crippen LogP contribution is 2.09. The first kappa shape index (κ1) is 12.1. The molecule has 3 nitrogen and oxygen atoms in total. The predicted molar refractivity (Wildman–Crippen MR) is 68.6 cm³/mol. The standard InChI is InChI=1S/C12H12BrFN2O/c1-8-11(6-7-13)12(17)16(15-8)10-4-2-9(14)3-5-10/h2-5,15H,6-7H2,1H3. The van der Waals surface area contributed by atoms with Crippen molar-refractivity contribution < 1.29 is 4.39 Å². The van der Waals surface area contributed by atoms with Crippen molar-refractivity contribution in [3.8, 4) is 5.69 Å². The molecule has 0 aliphatic heterocycles. The fourth-order valence-electron chi connectivity index (χ4n) is 1.74. The van der Waals surface area contributed by atoms with Crippen molar-refractivity contribution in [2.75, 3.05) is 5.33 Å². The average molecular weight is 299 g/mol. The molecule has 2 rings (SSSR count). The van der Waals surface area contributed by atoms with Gasteiger partial charge in [0.25, 0.3) is 5.56 Å². The monoisotopic (exact) mass is 298 g/mol. The number of H-pyrrole nitrogens is 1. The van der Waals surface area contributed by atoms with E-state index < -0.39 is 0 Å². The van der Waals surface area contributed by atoms with E-state index in [1.54, 1.807) is 12.1 Å². The Kier molecular flexibility index (Phi) is 3.47. The zero-order valence-electron chi connectivity index (χ0n) is 9.34. The van der Waals surface area contributed by atoms with Gasteiger partial charge in [-0.05, 0) is 37.6 Å². The summed E-state index contributed by atoms with van der Waals surface area (Å²) in [5, 5.41) is 3.73. The number of halogens is 2. The summed E-state index contributed by atoms with van der Waals surface area (Å²) in [6.07, 6.45) is 0.676. The largest absolute Gasteiger partial charge is 0.295 e. The number of benzene rings is 1. The molecular weight excluding hydrogens is 287 g/mol. The van der Waals surface area contributed by atoms with Crippen LogP contribution >= 0.6 is 15.9 Å². The first-order chi connectivity index (χ1) is 8.13. The summed E-state index contributed by atoms with van der Waals surface area (Å²) in [6.45, 7) is 1.86. The lowest BCUT2D eigenvalue weighted by Crippen LogP contribution is -2.17. The van der Waals surface area contributed by atoms with E-state index in [0.29, 0.717) is 12.1 Å². The molecule has 17 heavy (non-hydrogen) atoms. The van der Waals surface area contributed by atoms with Gasteiger partial charge in [-0.3, -0.25) is 9.89 Å². The maximum Gasteiger partial charge on any atom is 0.274 e. The minimum absolute atomic E-state index is 0.0754. The molecule has 0 atom stereocenters. The third-order valence-corrected chi connectivity index (χ3v) is 3.02. The SMILES string of the molecule is Cc1[nH]n(-c2ccc(F)cc2)c(=O)c1CCBr. The van der Waals surface area contributed by atoms with Crippen LogP contribution in [0.4, 0.5) is 4.39 Å². The molecule has 0 saturated heterocycles. The molecule has 0 fully saturated rings. The second-order valence-electron chi connectivity index (χ2n) is 3.77. The predicted octanol–water partition coefficient (Wildman–Crippen LogP) is 2.55. The minimum Gasteiger partial charge on any atom is -0.295 e. The minimum atomic E-state index is -0.314. The van der Waals surface area contributed by atoms with Crippen LogP contribution in [-0.4, -0.2) is 15.1 Å². The molecule has 0 spiro atoms. The number of hydrogen-bond acceptors (Lipinski definition) is 1. The maximum absolute atomic E-state index is 12.8. The Morgan fingerprint density at radius 3 is 2.59 bits per heavy atom. The highest BCUT2D eigenvalue weighted by atomic mass is 79.9. The zero-order valence-corrected chi connectivity index (χ0v) is 10.9. The number of alkyl halides is 1. The second-order valence-corrected chi connectivity index (χ2v) is 4.56. The van der Waals surface area contributed by atoms with Crippen LogP contribution in [0.25, 0.3) is 5.69 Å². The molecule has 1 heterocycles. The van der Waals surface area contributed by atoms with Gasteiger partial charge in [-0.15, -0.1) is 0 Å². The molecule has 0 aliphatic rings. The number of nitrogens with one attached hydrogen (secondary N) is 1. The van der Waals surface area contributed by atoms with Crippen LogP contribution in [0.3, 0.4) is 0 Å². The quantitative estimate of drug-likeness (QED) is 0.869. The van der Waals surface area contributed by atoms with Gasteiger partial charge in [-0.2, -0.15) is 0 Å². The van der Waals surface area contributed by atoms with Crippen LogP contribution in [-0.2, 0) is 6.42 Å². The molecule has 1 N–H and O–H groups in total. The molecule has 0 amide bonds. The van der Waals surface area contributed by atoms with Crippen LogP contribution in [0.1, 0.15) is 11.3 Å². The number of hydrogen-bond donors (Lipinski definition) is 1. The number of aromatic amines is 1. The molecule has 90 valence electrons. The van der Waals surface area contributed by atoms with Crippen LogP contribution in [0.2, 0.25) is 0 Å². The van der Waals surface area contributed by atoms with Crippen LogP contribution in [0.15, 0.2) is 29.1 Å². The highest BCUT2D eigenvalue weighted by Gasteiger charge is 2.11. The Morgan fingerprint density at radius 1 is 1.35 bits per heavy atom. The van der Waals surface area contributed by atoms with E-state index >= 15 is 0 Å². The van der Waals surface area contributed by atoms with Gasteiger partial charge in [-0.25, -0.2) is 9.07 Å². The molecule has 0 bridgehead atoms. The lowest BCUT2D eigenvalue weighted by Gasteiger charge is -2.00. The number of aromatic nitrogens is 2. The molecule has 0 aliphatic carbocycles. The van der Waals surface area contributed by atoms with Gasteiger partial charge in [0, 0.05) is 16.6 Å². The highest BCUT2D eigenvalue weighted by molar-refractivity contribution is 9.09. The van der Waals surface area contributed by atoms with E-state index in [4.69, 9.17) is 0 Å². The Balaban J connectivity index is 2.50. The third-order valence-electron chi connectivity index (χ3n) is 2.62. The topological polar surface area (TPSA) is 37.8 Å². The van der Waals surface area contributed by atoms with Gasteiger partial charge < -0.3 is 0 Å². The van der Waals surface area contributed by atoms with Gasteiger partial charge in [0.1, 0.15) is 5.82 Å². The average Bonchev–Trinajstić information content (AvgIpc) is 2.59. The van der Waals surface area contributed by atoms with Crippen molar-refractivity contribution in [3.05, 3.63) is 51.7 Å². The maximum atomic E-state index is 12.8. The summed E-state index contributed by atoms with van der Waals surface area (Å²) >= 11 is 3.32. The number of aryl methyl sites for hydroxylation is 1. The van der Waals surface area contributed by atoms with E-state index in [9.17, 15) is 9.18 Å². The van der Waals surface area contributed by atoms with Gasteiger partial charge in [-0.1, -0.05) is 15.9 Å². The zero-order chi connectivity index (χ0) is 12.4. The smallest absolute Gasteiger partial charge is 0.274 e. The van der Waals surface area contributed by atoms with Crippen molar-refractivity contribution in [2.45, 2.75) is 13.3 Å². The lowest BCUT2D eigenvalue weighted by molar-refractivity contribution is 0.627. The Labute approximate surface area is 106 Å². The first-order valence-electron chi connectivity index (χ1n) is 5.26. The van der Waals surface area contributed by atoms with E-state index in [1.165, 1.54) is 16.8 Å². The van der Waals surface area contributed by atoms with Gasteiger partial charge >= 0.3 is 0 Å². The summed E-state index contributed by atoms with van der Waals surface area (Å²) in [4.78, 5) is 12.1. The third kappa shape index (κ3) is 2.34. The Morgan fingerprint density at radius 2 is 2.00 bits per heavy atom. The molecule has 5 heteroatoms. The molecule has 2 aromatic rings. The lowest BCUT2D eigenvalue weighted by atomic mass is 10.2. The molecule has 0 unspecified atom stereocenters. The number of rotatable bonds is 3. The van der Waals surface area contributed by atoms with E-state index in [0.717, 1.165) is 16.6 Å². The van der Waals surface area contributed by atoms with Crippen molar-refractivity contribution in [1.29, 1.82) is 0 Å². The Hall–Kier alpha value is -1.36. The van der Waals surface area contributed by atoms with Crippen molar-refractivity contribution in [3.63, 3.8) is 0 Å². The summed E-state index contributed by atoms with van der Waals surface area (Å²) in [7, 11) is 0. The first-order valence-corrected chi connectivity index (χ1v) is 6.38. The molecular formula is C12H12BrFN2O. The van der Waals surface area contributed by atoms with Crippen molar-refractivity contribution >= 4 is 15.9 Å². The van der Waals surface area contributed by atoms with Crippen molar-refractivity contribution in [1.82, 2.24) is 9.78 Å².